The van der Waals surface area contributed by atoms with Crippen molar-refractivity contribution >= 4 is 23.5 Å². The number of rotatable bonds is 4. The Bertz CT molecular complexity index is 1230. The van der Waals surface area contributed by atoms with Crippen LogP contribution in [0.2, 0.25) is 0 Å². The molecule has 0 N–H and O–H groups in total. The molecule has 3 heterocycles. The molecular formula is C26H28FN5O2. The maximum Gasteiger partial charge on any atom is 0.228 e. The molecule has 7 nitrogen and oxygen atoms in total. The van der Waals surface area contributed by atoms with Gasteiger partial charge in [0.2, 0.25) is 17.8 Å². The van der Waals surface area contributed by atoms with Crippen LogP contribution in [0.4, 0.5) is 16.0 Å². The van der Waals surface area contributed by atoms with Crippen LogP contribution in [0.15, 0.2) is 54.9 Å². The Morgan fingerprint density at radius 1 is 1.03 bits per heavy atom. The van der Waals surface area contributed by atoms with E-state index in [1.807, 2.05) is 36.9 Å². The number of hydrogen-bond donors (Lipinski definition) is 0. The topological polar surface area (TPSA) is 61.7 Å². The number of nitrogens with zero attached hydrogens (tertiary/aromatic N) is 5. The van der Waals surface area contributed by atoms with Crippen LogP contribution in [0, 0.1) is 25.6 Å². The van der Waals surface area contributed by atoms with E-state index < -0.39 is 0 Å². The van der Waals surface area contributed by atoms with Gasteiger partial charge in [0, 0.05) is 57.2 Å². The van der Waals surface area contributed by atoms with Crippen molar-refractivity contribution in [1.29, 1.82) is 0 Å². The van der Waals surface area contributed by atoms with Gasteiger partial charge in [-0.1, -0.05) is 18.2 Å². The summed E-state index contributed by atoms with van der Waals surface area (Å²) in [6.07, 6.45) is 3.64. The Morgan fingerprint density at radius 2 is 1.79 bits per heavy atom. The number of para-hydroxylation sites is 1. The highest BCUT2D eigenvalue weighted by Crippen LogP contribution is 2.29. The van der Waals surface area contributed by atoms with Gasteiger partial charge in [-0.15, -0.1) is 0 Å². The van der Waals surface area contributed by atoms with Crippen LogP contribution >= 0.6 is 0 Å². The lowest BCUT2D eigenvalue weighted by Crippen LogP contribution is -2.51. The van der Waals surface area contributed by atoms with Crippen LogP contribution in [-0.2, 0) is 9.59 Å². The lowest BCUT2D eigenvalue weighted by molar-refractivity contribution is -0.136. The predicted molar refractivity (Wildman–Crippen MR) is 129 cm³/mol. The second kappa shape index (κ2) is 8.93. The number of halogens is 1. The fraction of sp³-hybridized carbons (Fsp3) is 0.346. The number of anilines is 2. The van der Waals surface area contributed by atoms with Crippen LogP contribution in [-0.4, -0.2) is 59.0 Å². The second-order valence-electron chi connectivity index (χ2n) is 9.03. The molecule has 0 spiro atoms. The van der Waals surface area contributed by atoms with Crippen molar-refractivity contribution in [2.24, 2.45) is 5.92 Å². The highest BCUT2D eigenvalue weighted by atomic mass is 19.1. The average molecular weight is 462 g/mol. The van der Waals surface area contributed by atoms with Gasteiger partial charge in [-0.25, -0.2) is 9.37 Å². The summed E-state index contributed by atoms with van der Waals surface area (Å²) in [6, 6.07) is 12.6. The summed E-state index contributed by atoms with van der Waals surface area (Å²) in [5, 5.41) is 0. The Hall–Kier alpha value is -3.68. The summed E-state index contributed by atoms with van der Waals surface area (Å²) < 4.78 is 16.1. The number of benzene rings is 2. The Labute approximate surface area is 198 Å². The number of amides is 2. The number of carbonyl (C=O) groups is 2. The van der Waals surface area contributed by atoms with E-state index in [0.717, 1.165) is 11.3 Å². The maximum atomic E-state index is 14.3. The van der Waals surface area contributed by atoms with E-state index in [2.05, 4.69) is 9.88 Å². The third kappa shape index (κ3) is 4.04. The van der Waals surface area contributed by atoms with Crippen molar-refractivity contribution in [2.45, 2.75) is 20.3 Å². The molecule has 2 aliphatic rings. The molecule has 3 aromatic rings. The lowest BCUT2D eigenvalue weighted by Gasteiger charge is -2.36. The summed E-state index contributed by atoms with van der Waals surface area (Å²) in [5.74, 6) is 0.0361. The van der Waals surface area contributed by atoms with E-state index in [1.54, 1.807) is 40.1 Å². The molecule has 5 rings (SSSR count). The molecule has 1 unspecified atom stereocenters. The number of imidazole rings is 1. The number of aryl methyl sites for hydroxylation is 2. The lowest BCUT2D eigenvalue weighted by atomic mass is 10.1. The number of carbonyl (C=O) groups excluding carboxylic acids is 2. The van der Waals surface area contributed by atoms with Crippen molar-refractivity contribution in [1.82, 2.24) is 14.5 Å². The van der Waals surface area contributed by atoms with Crippen molar-refractivity contribution in [2.75, 3.05) is 42.5 Å². The molecule has 2 amide bonds. The summed E-state index contributed by atoms with van der Waals surface area (Å²) in [4.78, 5) is 36.0. The molecule has 1 atom stereocenters. The molecule has 2 aliphatic heterocycles. The zero-order valence-electron chi connectivity index (χ0n) is 19.4. The average Bonchev–Trinajstić information content (AvgIpc) is 3.48. The molecule has 8 heteroatoms. The quantitative estimate of drug-likeness (QED) is 0.598. The van der Waals surface area contributed by atoms with Crippen LogP contribution < -0.4 is 9.80 Å². The largest absolute Gasteiger partial charge is 0.339 e. The maximum absolute atomic E-state index is 14.3. The van der Waals surface area contributed by atoms with Gasteiger partial charge in [0.05, 0.1) is 11.6 Å². The molecule has 0 aliphatic carbocycles. The van der Waals surface area contributed by atoms with Crippen molar-refractivity contribution in [3.8, 4) is 5.69 Å². The predicted octanol–water partition coefficient (Wildman–Crippen LogP) is 3.33. The highest BCUT2D eigenvalue weighted by Gasteiger charge is 2.38. The summed E-state index contributed by atoms with van der Waals surface area (Å²) >= 11 is 0. The number of hydrogen-bond acceptors (Lipinski definition) is 4. The monoisotopic (exact) mass is 461 g/mol. The van der Waals surface area contributed by atoms with Gasteiger partial charge < -0.3 is 14.7 Å². The molecule has 176 valence electrons. The summed E-state index contributed by atoms with van der Waals surface area (Å²) in [6.45, 7) is 6.75. The number of aromatic nitrogens is 2. The molecule has 0 saturated carbocycles. The van der Waals surface area contributed by atoms with Crippen LogP contribution in [0.25, 0.3) is 5.69 Å². The van der Waals surface area contributed by atoms with E-state index in [0.29, 0.717) is 44.4 Å². The summed E-state index contributed by atoms with van der Waals surface area (Å²) in [5.41, 5.74) is 3.61. The van der Waals surface area contributed by atoms with E-state index >= 15 is 0 Å². The minimum absolute atomic E-state index is 0.00726. The molecule has 0 bridgehead atoms. The third-order valence-electron chi connectivity index (χ3n) is 6.88. The van der Waals surface area contributed by atoms with Gasteiger partial charge in [-0.05, 0) is 49.2 Å². The highest BCUT2D eigenvalue weighted by molar-refractivity contribution is 6.00. The van der Waals surface area contributed by atoms with E-state index in [4.69, 9.17) is 0 Å². The first-order chi connectivity index (χ1) is 16.4. The van der Waals surface area contributed by atoms with Gasteiger partial charge in [-0.3, -0.25) is 14.2 Å². The van der Waals surface area contributed by atoms with E-state index in [1.165, 1.54) is 11.6 Å². The van der Waals surface area contributed by atoms with Crippen LogP contribution in [0.3, 0.4) is 0 Å². The van der Waals surface area contributed by atoms with E-state index in [9.17, 15) is 14.0 Å². The van der Waals surface area contributed by atoms with Crippen LogP contribution in [0.5, 0.6) is 0 Å². The Balaban J connectivity index is 1.23. The molecule has 2 saturated heterocycles. The Kier molecular flexibility index (Phi) is 5.81. The fourth-order valence-corrected chi connectivity index (χ4v) is 4.77. The van der Waals surface area contributed by atoms with Crippen molar-refractivity contribution < 1.29 is 14.0 Å². The molecule has 0 radical (unpaired) electrons. The third-order valence-corrected chi connectivity index (χ3v) is 6.88. The van der Waals surface area contributed by atoms with Crippen molar-refractivity contribution in [3.05, 3.63) is 71.8 Å². The minimum Gasteiger partial charge on any atom is -0.339 e. The van der Waals surface area contributed by atoms with Gasteiger partial charge >= 0.3 is 0 Å². The second-order valence-corrected chi connectivity index (χ2v) is 9.03. The fourth-order valence-electron chi connectivity index (χ4n) is 4.77. The first-order valence-electron chi connectivity index (χ1n) is 11.6. The van der Waals surface area contributed by atoms with Gasteiger partial charge in [0.15, 0.2) is 0 Å². The number of piperazine rings is 1. The first-order valence-corrected chi connectivity index (χ1v) is 11.6. The van der Waals surface area contributed by atoms with Crippen LogP contribution in [0.1, 0.15) is 17.5 Å². The van der Waals surface area contributed by atoms with Crippen molar-refractivity contribution in [3.63, 3.8) is 0 Å². The molecule has 34 heavy (non-hydrogen) atoms. The molecule has 2 aromatic carbocycles. The smallest absolute Gasteiger partial charge is 0.228 e. The molecular weight excluding hydrogens is 433 g/mol. The normalized spacial score (nSPS) is 18.6. The van der Waals surface area contributed by atoms with Gasteiger partial charge in [-0.2, -0.15) is 0 Å². The van der Waals surface area contributed by atoms with E-state index in [-0.39, 0.29) is 30.0 Å². The zero-order chi connectivity index (χ0) is 23.8. The first kappa shape index (κ1) is 22.1. The zero-order valence-corrected chi connectivity index (χ0v) is 19.4. The molecule has 1 aromatic heterocycles. The minimum atomic E-state index is -0.332. The van der Waals surface area contributed by atoms with Gasteiger partial charge in [0.1, 0.15) is 5.82 Å². The molecule has 2 fully saturated rings. The SMILES string of the molecule is Cc1ccc(N2CC(C(=O)N3CCN(c4nccn4-c4ccccc4F)CC3)CC2=O)cc1C. The standard InChI is InChI=1S/C26H28FN5O2/c1-18-7-8-21(15-19(18)2)32-17-20(16-24(32)33)25(34)29-11-13-30(14-12-29)26-28-9-10-31(26)23-6-4-3-5-22(23)27/h3-10,15,20H,11-14,16-17H2,1-2H3. The van der Waals surface area contributed by atoms with Gasteiger partial charge in [0.25, 0.3) is 0 Å². The summed E-state index contributed by atoms with van der Waals surface area (Å²) in [7, 11) is 0. The Morgan fingerprint density at radius 3 is 2.53 bits per heavy atom.